The van der Waals surface area contributed by atoms with E-state index in [1.54, 1.807) is 14.2 Å². The minimum absolute atomic E-state index is 0.577. The second-order valence-corrected chi connectivity index (χ2v) is 4.95. The summed E-state index contributed by atoms with van der Waals surface area (Å²) in [6, 6.07) is 5.67. The molecule has 0 saturated heterocycles. The first-order chi connectivity index (χ1) is 8.09. The van der Waals surface area contributed by atoms with E-state index in [4.69, 9.17) is 9.47 Å². The molecule has 0 heterocycles. The summed E-state index contributed by atoms with van der Waals surface area (Å²) in [5, 5.41) is 10.6. The summed E-state index contributed by atoms with van der Waals surface area (Å²) >= 11 is 0. The number of aliphatic hydroxyl groups is 1. The predicted octanol–water partition coefficient (Wildman–Crippen LogP) is 2.71. The third-order valence-electron chi connectivity index (χ3n) is 3.66. The lowest BCUT2D eigenvalue weighted by Crippen LogP contribution is -2.21. The molecular weight excluding hydrogens is 216 g/mol. The van der Waals surface area contributed by atoms with Gasteiger partial charge in [0.15, 0.2) is 11.5 Å². The van der Waals surface area contributed by atoms with Crippen molar-refractivity contribution >= 4 is 0 Å². The zero-order chi connectivity index (χ0) is 12.5. The molecule has 0 amide bonds. The molecule has 1 aliphatic rings. The fourth-order valence-corrected chi connectivity index (χ4v) is 2.65. The SMILES string of the molecule is COc1ccc(C2(O)CCC(C)C2)cc1OC. The van der Waals surface area contributed by atoms with E-state index >= 15 is 0 Å². The maximum atomic E-state index is 10.6. The van der Waals surface area contributed by atoms with Gasteiger partial charge < -0.3 is 14.6 Å². The van der Waals surface area contributed by atoms with Gasteiger partial charge in [-0.1, -0.05) is 13.0 Å². The quantitative estimate of drug-likeness (QED) is 0.877. The molecule has 94 valence electrons. The van der Waals surface area contributed by atoms with Crippen molar-refractivity contribution in [2.75, 3.05) is 14.2 Å². The molecule has 1 aromatic carbocycles. The van der Waals surface area contributed by atoms with Crippen LogP contribution in [0.5, 0.6) is 11.5 Å². The van der Waals surface area contributed by atoms with Crippen LogP contribution < -0.4 is 9.47 Å². The standard InChI is InChI=1S/C14H20O3/c1-10-6-7-14(15,9-10)11-4-5-12(16-2)13(8-11)17-3/h4-5,8,10,15H,6-7,9H2,1-3H3. The van der Waals surface area contributed by atoms with E-state index in [0.29, 0.717) is 17.4 Å². The molecule has 3 heteroatoms. The van der Waals surface area contributed by atoms with Gasteiger partial charge >= 0.3 is 0 Å². The Morgan fingerprint density at radius 3 is 2.47 bits per heavy atom. The molecule has 2 rings (SSSR count). The lowest BCUT2D eigenvalue weighted by molar-refractivity contribution is 0.0405. The highest BCUT2D eigenvalue weighted by molar-refractivity contribution is 5.44. The first kappa shape index (κ1) is 12.2. The number of benzene rings is 1. The summed E-state index contributed by atoms with van der Waals surface area (Å²) in [6.45, 7) is 2.18. The van der Waals surface area contributed by atoms with Gasteiger partial charge in [-0.2, -0.15) is 0 Å². The van der Waals surface area contributed by atoms with Crippen LogP contribution in [0.3, 0.4) is 0 Å². The molecule has 0 radical (unpaired) electrons. The highest BCUT2D eigenvalue weighted by Gasteiger charge is 2.37. The smallest absolute Gasteiger partial charge is 0.161 e. The van der Waals surface area contributed by atoms with Gasteiger partial charge in [0.2, 0.25) is 0 Å². The number of methoxy groups -OCH3 is 2. The summed E-state index contributed by atoms with van der Waals surface area (Å²) in [4.78, 5) is 0. The molecule has 0 aromatic heterocycles. The van der Waals surface area contributed by atoms with Crippen LogP contribution in [-0.4, -0.2) is 19.3 Å². The number of hydrogen-bond donors (Lipinski definition) is 1. The zero-order valence-corrected chi connectivity index (χ0v) is 10.7. The van der Waals surface area contributed by atoms with Crippen molar-refractivity contribution in [1.82, 2.24) is 0 Å². The van der Waals surface area contributed by atoms with E-state index in [0.717, 1.165) is 24.8 Å². The van der Waals surface area contributed by atoms with Gasteiger partial charge in [-0.25, -0.2) is 0 Å². The Balaban J connectivity index is 2.33. The normalized spacial score (nSPS) is 28.1. The Bertz CT molecular complexity index is 402. The van der Waals surface area contributed by atoms with E-state index in [-0.39, 0.29) is 0 Å². The van der Waals surface area contributed by atoms with E-state index in [1.807, 2.05) is 18.2 Å². The highest BCUT2D eigenvalue weighted by atomic mass is 16.5. The van der Waals surface area contributed by atoms with Gasteiger partial charge in [0.05, 0.1) is 19.8 Å². The molecule has 1 fully saturated rings. The summed E-state index contributed by atoms with van der Waals surface area (Å²) in [7, 11) is 3.23. The van der Waals surface area contributed by atoms with Crippen molar-refractivity contribution in [3.63, 3.8) is 0 Å². The van der Waals surface area contributed by atoms with Gasteiger partial charge in [0.25, 0.3) is 0 Å². The predicted molar refractivity (Wildman–Crippen MR) is 66.5 cm³/mol. The lowest BCUT2D eigenvalue weighted by Gasteiger charge is -2.24. The molecule has 17 heavy (non-hydrogen) atoms. The van der Waals surface area contributed by atoms with E-state index < -0.39 is 5.60 Å². The second kappa shape index (κ2) is 4.57. The monoisotopic (exact) mass is 236 g/mol. The molecule has 1 aromatic rings. The second-order valence-electron chi connectivity index (χ2n) is 4.95. The minimum atomic E-state index is -0.695. The van der Waals surface area contributed by atoms with Crippen LogP contribution in [0.25, 0.3) is 0 Å². The average molecular weight is 236 g/mol. The number of hydrogen-bond acceptors (Lipinski definition) is 3. The van der Waals surface area contributed by atoms with Crippen molar-refractivity contribution < 1.29 is 14.6 Å². The highest BCUT2D eigenvalue weighted by Crippen LogP contribution is 2.43. The maximum absolute atomic E-state index is 10.6. The molecule has 1 aliphatic carbocycles. The molecule has 1 N–H and O–H groups in total. The van der Waals surface area contributed by atoms with Crippen molar-refractivity contribution in [1.29, 1.82) is 0 Å². The van der Waals surface area contributed by atoms with Gasteiger partial charge in [-0.05, 0) is 42.9 Å². The van der Waals surface area contributed by atoms with Gasteiger partial charge in [0, 0.05) is 0 Å². The maximum Gasteiger partial charge on any atom is 0.161 e. The van der Waals surface area contributed by atoms with Crippen LogP contribution in [0.2, 0.25) is 0 Å². The van der Waals surface area contributed by atoms with Crippen molar-refractivity contribution in [2.24, 2.45) is 5.92 Å². The third kappa shape index (κ3) is 2.25. The molecular formula is C14H20O3. The Labute approximate surface area is 102 Å². The topological polar surface area (TPSA) is 38.7 Å². The molecule has 0 bridgehead atoms. The minimum Gasteiger partial charge on any atom is -0.493 e. The Morgan fingerprint density at radius 2 is 1.94 bits per heavy atom. The number of rotatable bonds is 3. The Morgan fingerprint density at radius 1 is 1.24 bits per heavy atom. The van der Waals surface area contributed by atoms with Gasteiger partial charge in [0.1, 0.15) is 0 Å². The third-order valence-corrected chi connectivity index (χ3v) is 3.66. The van der Waals surface area contributed by atoms with Crippen LogP contribution >= 0.6 is 0 Å². The largest absolute Gasteiger partial charge is 0.493 e. The molecule has 2 unspecified atom stereocenters. The van der Waals surface area contributed by atoms with Gasteiger partial charge in [-0.15, -0.1) is 0 Å². The van der Waals surface area contributed by atoms with E-state index in [9.17, 15) is 5.11 Å². The first-order valence-corrected chi connectivity index (χ1v) is 6.04. The number of ether oxygens (including phenoxy) is 2. The summed E-state index contributed by atoms with van der Waals surface area (Å²) in [5.74, 6) is 1.96. The molecule has 0 aliphatic heterocycles. The van der Waals surface area contributed by atoms with Crippen LogP contribution in [0, 0.1) is 5.92 Å². The lowest BCUT2D eigenvalue weighted by atomic mass is 9.91. The van der Waals surface area contributed by atoms with E-state index in [2.05, 4.69) is 6.92 Å². The first-order valence-electron chi connectivity index (χ1n) is 6.04. The summed E-state index contributed by atoms with van der Waals surface area (Å²) < 4.78 is 10.5. The Kier molecular flexibility index (Phi) is 3.29. The molecule has 3 nitrogen and oxygen atoms in total. The van der Waals surface area contributed by atoms with E-state index in [1.165, 1.54) is 0 Å². The van der Waals surface area contributed by atoms with Crippen molar-refractivity contribution in [3.8, 4) is 11.5 Å². The zero-order valence-electron chi connectivity index (χ0n) is 10.7. The summed E-state index contributed by atoms with van der Waals surface area (Å²) in [6.07, 6.45) is 2.72. The Hall–Kier alpha value is -1.22. The van der Waals surface area contributed by atoms with Crippen LogP contribution in [0.1, 0.15) is 31.7 Å². The summed E-state index contributed by atoms with van der Waals surface area (Å²) in [5.41, 5.74) is 0.235. The van der Waals surface area contributed by atoms with Crippen LogP contribution in [-0.2, 0) is 5.60 Å². The average Bonchev–Trinajstić information content (AvgIpc) is 2.69. The fourth-order valence-electron chi connectivity index (χ4n) is 2.65. The fraction of sp³-hybridized carbons (Fsp3) is 0.571. The van der Waals surface area contributed by atoms with Gasteiger partial charge in [-0.3, -0.25) is 0 Å². The van der Waals surface area contributed by atoms with Crippen molar-refractivity contribution in [3.05, 3.63) is 23.8 Å². The van der Waals surface area contributed by atoms with Crippen LogP contribution in [0.4, 0.5) is 0 Å². The van der Waals surface area contributed by atoms with Crippen molar-refractivity contribution in [2.45, 2.75) is 31.8 Å². The molecule has 2 atom stereocenters. The molecule has 1 saturated carbocycles. The van der Waals surface area contributed by atoms with Crippen LogP contribution in [0.15, 0.2) is 18.2 Å². The molecule has 0 spiro atoms.